The molecule has 1 aromatic rings. The van der Waals surface area contributed by atoms with Crippen LogP contribution in [0.2, 0.25) is 0 Å². The van der Waals surface area contributed by atoms with E-state index in [1.165, 1.54) is 31.4 Å². The molecule has 1 aliphatic carbocycles. The Balaban J connectivity index is 1.92. The van der Waals surface area contributed by atoms with Crippen LogP contribution in [0, 0.1) is 35.3 Å². The van der Waals surface area contributed by atoms with Crippen LogP contribution in [0.15, 0.2) is 12.1 Å². The summed E-state index contributed by atoms with van der Waals surface area (Å²) in [5.41, 5.74) is 0.133. The Hall–Kier alpha value is -1.56. The molecule has 1 aliphatic rings. The van der Waals surface area contributed by atoms with Gasteiger partial charge in [0.25, 0.3) is 0 Å². The van der Waals surface area contributed by atoms with Gasteiger partial charge in [-0.15, -0.1) is 0 Å². The summed E-state index contributed by atoms with van der Waals surface area (Å²) >= 11 is 0. The lowest BCUT2D eigenvalue weighted by Crippen LogP contribution is -2.12. The summed E-state index contributed by atoms with van der Waals surface area (Å²) in [7, 11) is 0. The van der Waals surface area contributed by atoms with Crippen molar-refractivity contribution in [2.45, 2.75) is 71.6 Å². The molecule has 1 saturated carbocycles. The lowest BCUT2D eigenvalue weighted by atomic mass is 9.81. The Labute approximate surface area is 151 Å². The smallest absolute Gasteiger partial charge is 0.201 e. The number of ether oxygens (including phenoxy) is 1. The zero-order valence-corrected chi connectivity index (χ0v) is 15.5. The van der Waals surface area contributed by atoms with Gasteiger partial charge in [-0.25, -0.2) is 4.39 Å². The number of benzene rings is 1. The Morgan fingerprint density at radius 1 is 1.00 bits per heavy atom. The summed E-state index contributed by atoms with van der Waals surface area (Å²) in [6.07, 6.45) is 9.91. The lowest BCUT2D eigenvalue weighted by molar-refractivity contribution is 0.285. The zero-order chi connectivity index (χ0) is 18.1. The molecule has 1 aromatic carbocycles. The molecule has 1 fully saturated rings. The summed E-state index contributed by atoms with van der Waals surface area (Å²) < 4.78 is 33.7. The maximum absolute atomic E-state index is 14.2. The monoisotopic (exact) mass is 348 g/mol. The van der Waals surface area contributed by atoms with Gasteiger partial charge in [-0.1, -0.05) is 51.4 Å². The van der Waals surface area contributed by atoms with Crippen LogP contribution < -0.4 is 4.74 Å². The van der Waals surface area contributed by atoms with Gasteiger partial charge in [0.2, 0.25) is 5.82 Å². The number of halogens is 2. The first kappa shape index (κ1) is 19.8. The van der Waals surface area contributed by atoms with E-state index in [0.29, 0.717) is 12.5 Å². The SMILES string of the molecule is CCCCCCOc1ccc(C#CC2CCC(CC)CC2)c(F)c1F. The summed E-state index contributed by atoms with van der Waals surface area (Å²) in [5, 5.41) is 0. The molecule has 0 saturated heterocycles. The average molecular weight is 348 g/mol. The number of hydrogen-bond acceptors (Lipinski definition) is 1. The minimum atomic E-state index is -0.919. The fraction of sp³-hybridized carbons (Fsp3) is 0.636. The van der Waals surface area contributed by atoms with E-state index in [4.69, 9.17) is 4.74 Å². The van der Waals surface area contributed by atoms with Crippen molar-refractivity contribution in [1.29, 1.82) is 0 Å². The van der Waals surface area contributed by atoms with Gasteiger partial charge in [-0.2, -0.15) is 4.39 Å². The first-order valence-electron chi connectivity index (χ1n) is 9.78. The highest BCUT2D eigenvalue weighted by Crippen LogP contribution is 2.30. The second kappa shape index (κ2) is 10.4. The molecule has 0 amide bonds. The van der Waals surface area contributed by atoms with Crippen LogP contribution in [0.1, 0.15) is 77.2 Å². The summed E-state index contributed by atoms with van der Waals surface area (Å²) in [6.45, 7) is 4.77. The zero-order valence-electron chi connectivity index (χ0n) is 15.5. The number of rotatable bonds is 7. The van der Waals surface area contributed by atoms with Gasteiger partial charge >= 0.3 is 0 Å². The van der Waals surface area contributed by atoms with Crippen LogP contribution >= 0.6 is 0 Å². The largest absolute Gasteiger partial charge is 0.490 e. The van der Waals surface area contributed by atoms with Gasteiger partial charge in [0, 0.05) is 5.92 Å². The molecule has 2 rings (SSSR count). The predicted octanol–water partition coefficient (Wildman–Crippen LogP) is 6.49. The summed E-state index contributed by atoms with van der Waals surface area (Å²) in [6, 6.07) is 3.03. The second-order valence-corrected chi connectivity index (χ2v) is 7.04. The molecule has 0 N–H and O–H groups in total. The molecular weight excluding hydrogens is 318 g/mol. The van der Waals surface area contributed by atoms with Gasteiger partial charge < -0.3 is 4.74 Å². The summed E-state index contributed by atoms with van der Waals surface area (Å²) in [5.74, 6) is 5.28. The highest BCUT2D eigenvalue weighted by molar-refractivity contribution is 5.41. The van der Waals surface area contributed by atoms with Crippen molar-refractivity contribution in [2.24, 2.45) is 11.8 Å². The summed E-state index contributed by atoms with van der Waals surface area (Å²) in [4.78, 5) is 0. The number of hydrogen-bond donors (Lipinski definition) is 0. The molecule has 0 heterocycles. The minimum Gasteiger partial charge on any atom is -0.490 e. The minimum absolute atomic E-state index is 0.0111. The normalized spacial score (nSPS) is 20.0. The predicted molar refractivity (Wildman–Crippen MR) is 98.6 cm³/mol. The Kier molecular flexibility index (Phi) is 8.25. The van der Waals surface area contributed by atoms with Gasteiger partial charge in [0.1, 0.15) is 0 Å². The fourth-order valence-electron chi connectivity index (χ4n) is 3.35. The van der Waals surface area contributed by atoms with Crippen LogP contribution in [-0.2, 0) is 0 Å². The van der Waals surface area contributed by atoms with E-state index < -0.39 is 11.6 Å². The Morgan fingerprint density at radius 3 is 2.44 bits per heavy atom. The van der Waals surface area contributed by atoms with E-state index in [2.05, 4.69) is 25.7 Å². The lowest BCUT2D eigenvalue weighted by Gasteiger charge is -2.24. The highest BCUT2D eigenvalue weighted by atomic mass is 19.2. The van der Waals surface area contributed by atoms with Crippen LogP contribution in [0.5, 0.6) is 5.75 Å². The van der Waals surface area contributed by atoms with E-state index >= 15 is 0 Å². The van der Waals surface area contributed by atoms with E-state index in [-0.39, 0.29) is 11.3 Å². The van der Waals surface area contributed by atoms with Gasteiger partial charge in [-0.3, -0.25) is 0 Å². The Morgan fingerprint density at radius 2 is 1.76 bits per heavy atom. The van der Waals surface area contributed by atoms with Crippen LogP contribution in [-0.4, -0.2) is 6.61 Å². The van der Waals surface area contributed by atoms with E-state index in [1.54, 1.807) is 0 Å². The first-order valence-corrected chi connectivity index (χ1v) is 9.78. The van der Waals surface area contributed by atoms with Crippen LogP contribution in [0.25, 0.3) is 0 Å². The quantitative estimate of drug-likeness (QED) is 0.404. The fourth-order valence-corrected chi connectivity index (χ4v) is 3.35. The van der Waals surface area contributed by atoms with E-state index in [1.807, 2.05) is 0 Å². The topological polar surface area (TPSA) is 9.23 Å². The van der Waals surface area contributed by atoms with Crippen molar-refractivity contribution in [1.82, 2.24) is 0 Å². The Bertz CT molecular complexity index is 592. The third kappa shape index (κ3) is 6.03. The highest BCUT2D eigenvalue weighted by Gasteiger charge is 2.18. The average Bonchev–Trinajstić information content (AvgIpc) is 2.64. The molecule has 0 aliphatic heterocycles. The van der Waals surface area contributed by atoms with E-state index in [9.17, 15) is 8.78 Å². The van der Waals surface area contributed by atoms with Crippen molar-refractivity contribution < 1.29 is 13.5 Å². The molecule has 138 valence electrons. The molecule has 3 heteroatoms. The van der Waals surface area contributed by atoms with Gasteiger partial charge in [0.15, 0.2) is 11.6 Å². The molecule has 0 bridgehead atoms. The van der Waals surface area contributed by atoms with Crippen molar-refractivity contribution in [3.8, 4) is 17.6 Å². The number of unbranched alkanes of at least 4 members (excludes halogenated alkanes) is 3. The third-order valence-electron chi connectivity index (χ3n) is 5.14. The molecule has 0 atom stereocenters. The van der Waals surface area contributed by atoms with Crippen molar-refractivity contribution in [3.63, 3.8) is 0 Å². The van der Waals surface area contributed by atoms with Crippen molar-refractivity contribution in [3.05, 3.63) is 29.3 Å². The molecule has 0 spiro atoms. The maximum Gasteiger partial charge on any atom is 0.201 e. The maximum atomic E-state index is 14.2. The second-order valence-electron chi connectivity index (χ2n) is 7.04. The van der Waals surface area contributed by atoms with Gasteiger partial charge in [-0.05, 0) is 50.2 Å². The van der Waals surface area contributed by atoms with Crippen molar-refractivity contribution >= 4 is 0 Å². The molecule has 0 radical (unpaired) electrons. The van der Waals surface area contributed by atoms with Crippen molar-refractivity contribution in [2.75, 3.05) is 6.61 Å². The molecule has 1 nitrogen and oxygen atoms in total. The molecule has 25 heavy (non-hydrogen) atoms. The molecule has 0 aromatic heterocycles. The first-order chi connectivity index (χ1) is 12.2. The standard InChI is InChI=1S/C22H30F2O/c1-3-5-6-7-16-25-20-15-14-19(21(23)22(20)24)13-12-18-10-8-17(4-2)9-11-18/h14-15,17-18H,3-11,16H2,1-2H3. The van der Waals surface area contributed by atoms with Gasteiger partial charge in [0.05, 0.1) is 12.2 Å². The van der Waals surface area contributed by atoms with E-state index in [0.717, 1.165) is 44.4 Å². The molecule has 0 unspecified atom stereocenters. The third-order valence-corrected chi connectivity index (χ3v) is 5.14. The molecular formula is C22H30F2O. The van der Waals surface area contributed by atoms with Crippen LogP contribution in [0.3, 0.4) is 0 Å². The van der Waals surface area contributed by atoms with Crippen LogP contribution in [0.4, 0.5) is 8.78 Å².